The van der Waals surface area contributed by atoms with Crippen LogP contribution >= 0.6 is 0 Å². The lowest BCUT2D eigenvalue weighted by atomic mass is 10.2. The van der Waals surface area contributed by atoms with Crippen LogP contribution in [0.25, 0.3) is 0 Å². The molecule has 0 radical (unpaired) electrons. The Morgan fingerprint density at radius 2 is 1.90 bits per heavy atom. The topological polar surface area (TPSA) is 9.23 Å². The van der Waals surface area contributed by atoms with Crippen molar-refractivity contribution in [2.24, 2.45) is 5.92 Å². The summed E-state index contributed by atoms with van der Waals surface area (Å²) in [5.41, 5.74) is 0. The summed E-state index contributed by atoms with van der Waals surface area (Å²) in [6, 6.07) is 0. The number of ether oxygens (including phenoxy) is 1. The van der Waals surface area contributed by atoms with Crippen molar-refractivity contribution >= 4 is 0 Å². The van der Waals surface area contributed by atoms with E-state index in [-0.39, 0.29) is 0 Å². The van der Waals surface area contributed by atoms with Gasteiger partial charge in [0.25, 0.3) is 0 Å². The summed E-state index contributed by atoms with van der Waals surface area (Å²) in [6.45, 7) is -0.837. The SMILES string of the molecule is CC(COCF)C(F)(F)F. The number of alkyl halides is 4. The molecule has 0 fully saturated rings. The first-order valence-electron chi connectivity index (χ1n) is 2.69. The Morgan fingerprint density at radius 3 is 2.20 bits per heavy atom. The molecule has 0 aromatic carbocycles. The highest BCUT2D eigenvalue weighted by atomic mass is 19.4. The van der Waals surface area contributed by atoms with Gasteiger partial charge in [0.05, 0.1) is 12.5 Å². The fourth-order valence-electron chi connectivity index (χ4n) is 0.316. The third kappa shape index (κ3) is 3.66. The zero-order valence-electron chi connectivity index (χ0n) is 5.41. The van der Waals surface area contributed by atoms with Crippen molar-refractivity contribution in [1.82, 2.24) is 0 Å². The molecule has 0 heterocycles. The van der Waals surface area contributed by atoms with Gasteiger partial charge < -0.3 is 4.74 Å². The minimum atomic E-state index is -4.28. The zero-order valence-corrected chi connectivity index (χ0v) is 5.41. The van der Waals surface area contributed by atoms with Gasteiger partial charge in [0.1, 0.15) is 0 Å². The summed E-state index contributed by atoms with van der Waals surface area (Å²) in [7, 11) is 0. The third-order valence-electron chi connectivity index (χ3n) is 1.00. The predicted octanol–water partition coefficient (Wildman–Crippen LogP) is 2.13. The van der Waals surface area contributed by atoms with Crippen LogP contribution in [0.2, 0.25) is 0 Å². The van der Waals surface area contributed by atoms with Crippen molar-refractivity contribution in [2.75, 3.05) is 13.5 Å². The van der Waals surface area contributed by atoms with Crippen molar-refractivity contribution in [3.63, 3.8) is 0 Å². The van der Waals surface area contributed by atoms with Gasteiger partial charge >= 0.3 is 6.18 Å². The molecule has 0 saturated carbocycles. The van der Waals surface area contributed by atoms with E-state index in [1.54, 1.807) is 0 Å². The first-order valence-corrected chi connectivity index (χ1v) is 2.69. The lowest BCUT2D eigenvalue weighted by Gasteiger charge is -2.13. The predicted molar refractivity (Wildman–Crippen MR) is 27.1 cm³/mol. The van der Waals surface area contributed by atoms with Crippen LogP contribution in [0, 0.1) is 5.92 Å². The van der Waals surface area contributed by atoms with Gasteiger partial charge in [0.15, 0.2) is 6.86 Å². The molecule has 0 aliphatic rings. The highest BCUT2D eigenvalue weighted by Crippen LogP contribution is 2.25. The average Bonchev–Trinajstić information content (AvgIpc) is 1.80. The summed E-state index contributed by atoms with van der Waals surface area (Å²) in [6.07, 6.45) is -4.28. The molecular weight excluding hydrogens is 152 g/mol. The van der Waals surface area contributed by atoms with Gasteiger partial charge in [0.2, 0.25) is 0 Å². The lowest BCUT2D eigenvalue weighted by Crippen LogP contribution is -2.24. The van der Waals surface area contributed by atoms with Crippen LogP contribution in [0.4, 0.5) is 17.6 Å². The standard InChI is InChI=1S/C5H8F4O/c1-4(2-10-3-6)5(7,8)9/h4H,2-3H2,1H3. The number of halogens is 4. The van der Waals surface area contributed by atoms with Gasteiger partial charge in [-0.25, -0.2) is 4.39 Å². The Labute approximate surface area is 56.0 Å². The molecule has 0 aliphatic carbocycles. The smallest absolute Gasteiger partial charge is 0.350 e. The Balaban J connectivity index is 3.52. The first-order chi connectivity index (χ1) is 4.48. The van der Waals surface area contributed by atoms with Crippen LogP contribution in [0.15, 0.2) is 0 Å². The maximum atomic E-state index is 11.6. The quantitative estimate of drug-likeness (QED) is 0.574. The number of hydrogen-bond acceptors (Lipinski definition) is 1. The van der Waals surface area contributed by atoms with Crippen molar-refractivity contribution in [3.05, 3.63) is 0 Å². The van der Waals surface area contributed by atoms with Crippen LogP contribution in [0.3, 0.4) is 0 Å². The maximum Gasteiger partial charge on any atom is 0.393 e. The van der Waals surface area contributed by atoms with E-state index >= 15 is 0 Å². The molecule has 0 rings (SSSR count). The fraction of sp³-hybridized carbons (Fsp3) is 1.00. The van der Waals surface area contributed by atoms with E-state index < -0.39 is 25.6 Å². The monoisotopic (exact) mass is 160 g/mol. The van der Waals surface area contributed by atoms with Crippen LogP contribution in [-0.4, -0.2) is 19.6 Å². The minimum absolute atomic E-state index is 0.611. The van der Waals surface area contributed by atoms with Gasteiger partial charge in [-0.3, -0.25) is 0 Å². The van der Waals surface area contributed by atoms with Gasteiger partial charge in [-0.05, 0) is 0 Å². The van der Waals surface area contributed by atoms with E-state index in [1.807, 2.05) is 0 Å². The second-order valence-corrected chi connectivity index (χ2v) is 1.92. The summed E-state index contributed by atoms with van der Waals surface area (Å²) >= 11 is 0. The average molecular weight is 160 g/mol. The van der Waals surface area contributed by atoms with Gasteiger partial charge in [0, 0.05) is 0 Å². The minimum Gasteiger partial charge on any atom is -0.350 e. The summed E-state index contributed by atoms with van der Waals surface area (Å²) in [5.74, 6) is -1.59. The molecule has 10 heavy (non-hydrogen) atoms. The maximum absolute atomic E-state index is 11.6. The molecule has 1 unspecified atom stereocenters. The third-order valence-corrected chi connectivity index (χ3v) is 1.00. The highest BCUT2D eigenvalue weighted by molar-refractivity contribution is 4.59. The molecule has 0 aromatic rings. The molecule has 0 bridgehead atoms. The second-order valence-electron chi connectivity index (χ2n) is 1.92. The molecule has 0 amide bonds. The van der Waals surface area contributed by atoms with E-state index in [2.05, 4.69) is 4.74 Å². The molecule has 0 aromatic heterocycles. The molecule has 62 valence electrons. The normalized spacial score (nSPS) is 15.3. The van der Waals surface area contributed by atoms with Gasteiger partial charge in [-0.2, -0.15) is 13.2 Å². The highest BCUT2D eigenvalue weighted by Gasteiger charge is 2.35. The Bertz CT molecular complexity index is 90.1. The Kier molecular flexibility index (Phi) is 3.63. The largest absolute Gasteiger partial charge is 0.393 e. The van der Waals surface area contributed by atoms with Crippen molar-refractivity contribution in [3.8, 4) is 0 Å². The molecule has 1 atom stereocenters. The Hall–Kier alpha value is -0.320. The van der Waals surface area contributed by atoms with E-state index in [9.17, 15) is 17.6 Å². The fourth-order valence-corrected chi connectivity index (χ4v) is 0.316. The number of hydrogen-bond donors (Lipinski definition) is 0. The van der Waals surface area contributed by atoms with E-state index in [0.29, 0.717) is 0 Å². The van der Waals surface area contributed by atoms with Crippen molar-refractivity contribution in [2.45, 2.75) is 13.1 Å². The summed E-state index contributed by atoms with van der Waals surface area (Å²) in [5, 5.41) is 0. The van der Waals surface area contributed by atoms with E-state index in [4.69, 9.17) is 0 Å². The zero-order chi connectivity index (χ0) is 8.20. The molecule has 0 saturated heterocycles. The van der Waals surface area contributed by atoms with Crippen LogP contribution in [0.5, 0.6) is 0 Å². The van der Waals surface area contributed by atoms with Crippen molar-refractivity contribution in [1.29, 1.82) is 0 Å². The van der Waals surface area contributed by atoms with Gasteiger partial charge in [-0.1, -0.05) is 6.92 Å². The van der Waals surface area contributed by atoms with E-state index in [0.717, 1.165) is 6.92 Å². The summed E-state index contributed by atoms with van der Waals surface area (Å²) < 4.78 is 49.8. The lowest BCUT2D eigenvalue weighted by molar-refractivity contribution is -0.185. The van der Waals surface area contributed by atoms with Crippen LogP contribution in [0.1, 0.15) is 6.92 Å². The van der Waals surface area contributed by atoms with Crippen LogP contribution in [-0.2, 0) is 4.74 Å². The van der Waals surface area contributed by atoms with Crippen LogP contribution < -0.4 is 0 Å². The molecule has 5 heteroatoms. The summed E-state index contributed by atoms with van der Waals surface area (Å²) in [4.78, 5) is 0. The number of rotatable bonds is 3. The van der Waals surface area contributed by atoms with E-state index in [1.165, 1.54) is 0 Å². The first kappa shape index (κ1) is 9.68. The van der Waals surface area contributed by atoms with Gasteiger partial charge in [-0.15, -0.1) is 0 Å². The molecule has 0 spiro atoms. The molecular formula is C5H8F4O. The Morgan fingerprint density at radius 1 is 1.40 bits per heavy atom. The second kappa shape index (κ2) is 3.75. The van der Waals surface area contributed by atoms with Crippen molar-refractivity contribution < 1.29 is 22.3 Å². The molecule has 0 N–H and O–H groups in total. The molecule has 1 nitrogen and oxygen atoms in total. The molecule has 0 aliphatic heterocycles.